The van der Waals surface area contributed by atoms with Crippen LogP contribution >= 0.6 is 11.8 Å². The maximum absolute atomic E-state index is 13.7. The molecule has 3 aromatic rings. The van der Waals surface area contributed by atoms with Gasteiger partial charge in [-0.1, -0.05) is 54.2 Å². The Kier molecular flexibility index (Phi) is 4.82. The molecule has 32 heavy (non-hydrogen) atoms. The second-order valence-electron chi connectivity index (χ2n) is 7.45. The van der Waals surface area contributed by atoms with E-state index in [9.17, 15) is 9.59 Å². The van der Waals surface area contributed by atoms with Crippen molar-refractivity contribution >= 4 is 39.4 Å². The average molecular weight is 448 g/mol. The molecule has 8 heteroatoms. The first kappa shape index (κ1) is 20.4. The van der Waals surface area contributed by atoms with Crippen molar-refractivity contribution < 1.29 is 19.1 Å². The minimum absolute atomic E-state index is 0.240. The van der Waals surface area contributed by atoms with E-state index in [1.165, 1.54) is 30.9 Å². The first-order chi connectivity index (χ1) is 15.5. The van der Waals surface area contributed by atoms with Crippen molar-refractivity contribution in [3.05, 3.63) is 71.3 Å². The van der Waals surface area contributed by atoms with Crippen molar-refractivity contribution in [2.24, 2.45) is 5.10 Å². The number of fused-ring (bicyclic) bond motifs is 3. The van der Waals surface area contributed by atoms with Crippen LogP contribution in [0.3, 0.4) is 0 Å². The lowest BCUT2D eigenvalue weighted by Gasteiger charge is -2.38. The van der Waals surface area contributed by atoms with Crippen LogP contribution in [0, 0.1) is 0 Å². The highest BCUT2D eigenvalue weighted by Crippen LogP contribution is 2.51. The van der Waals surface area contributed by atoms with Crippen LogP contribution in [0.4, 0.5) is 0 Å². The fourth-order valence-electron chi connectivity index (χ4n) is 4.27. The van der Waals surface area contributed by atoms with Crippen molar-refractivity contribution in [2.75, 3.05) is 20.8 Å². The molecule has 3 aromatic carbocycles. The summed E-state index contributed by atoms with van der Waals surface area (Å²) in [6, 6.07) is 17.3. The zero-order chi connectivity index (χ0) is 22.5. The smallest absolute Gasteiger partial charge is 0.272 e. The highest BCUT2D eigenvalue weighted by molar-refractivity contribution is 8.16. The van der Waals surface area contributed by atoms with Crippen LogP contribution in [0.1, 0.15) is 28.4 Å². The first-order valence-corrected chi connectivity index (χ1v) is 11.0. The molecule has 0 aliphatic carbocycles. The molecule has 5 rings (SSSR count). The van der Waals surface area contributed by atoms with Crippen molar-refractivity contribution in [2.45, 2.75) is 11.8 Å². The number of carbonyl (C=O) groups is 2. The molecule has 162 valence electrons. The summed E-state index contributed by atoms with van der Waals surface area (Å²) in [5.74, 6) is 0.125. The van der Waals surface area contributed by atoms with E-state index < -0.39 is 4.87 Å². The summed E-state index contributed by atoms with van der Waals surface area (Å²) >= 11 is 1.29. The van der Waals surface area contributed by atoms with E-state index in [0.717, 1.165) is 16.3 Å². The zero-order valence-corrected chi connectivity index (χ0v) is 18.7. The lowest BCUT2D eigenvalue weighted by Crippen LogP contribution is -2.57. The van der Waals surface area contributed by atoms with E-state index in [1.54, 1.807) is 19.1 Å². The summed E-state index contributed by atoms with van der Waals surface area (Å²) in [6.07, 6.45) is 0. The maximum atomic E-state index is 13.7. The van der Waals surface area contributed by atoms with Crippen LogP contribution in [0.25, 0.3) is 10.8 Å². The van der Waals surface area contributed by atoms with Gasteiger partial charge in [-0.15, -0.1) is 0 Å². The summed E-state index contributed by atoms with van der Waals surface area (Å²) in [5.41, 5.74) is 4.81. The van der Waals surface area contributed by atoms with E-state index in [4.69, 9.17) is 9.47 Å². The van der Waals surface area contributed by atoms with Crippen molar-refractivity contribution in [1.82, 2.24) is 10.3 Å². The van der Waals surface area contributed by atoms with Gasteiger partial charge in [0.1, 0.15) is 16.5 Å². The summed E-state index contributed by atoms with van der Waals surface area (Å²) in [7, 11) is 3.03. The third-order valence-electron chi connectivity index (χ3n) is 5.81. The van der Waals surface area contributed by atoms with Crippen LogP contribution in [-0.2, 0) is 9.67 Å². The number of nitrogens with zero attached hydrogens (tertiary/aromatic N) is 2. The minimum Gasteiger partial charge on any atom is -0.497 e. The van der Waals surface area contributed by atoms with Gasteiger partial charge in [0.25, 0.3) is 11.8 Å². The van der Waals surface area contributed by atoms with E-state index in [-0.39, 0.29) is 18.4 Å². The lowest BCUT2D eigenvalue weighted by molar-refractivity contribution is -0.132. The van der Waals surface area contributed by atoms with Gasteiger partial charge < -0.3 is 9.47 Å². The Morgan fingerprint density at radius 2 is 1.81 bits per heavy atom. The van der Waals surface area contributed by atoms with Gasteiger partial charge in [-0.25, -0.2) is 0 Å². The number of hydrogen-bond acceptors (Lipinski definition) is 7. The zero-order valence-electron chi connectivity index (χ0n) is 17.8. The molecule has 2 amide bonds. The van der Waals surface area contributed by atoms with Gasteiger partial charge in [-0.05, 0) is 23.8 Å². The summed E-state index contributed by atoms with van der Waals surface area (Å²) in [5, 5.41) is 7.37. The Balaban J connectivity index is 1.69. The molecular weight excluding hydrogens is 426 g/mol. The highest BCUT2D eigenvalue weighted by atomic mass is 32.2. The van der Waals surface area contributed by atoms with Crippen LogP contribution in [0.5, 0.6) is 11.5 Å². The number of amides is 2. The average Bonchev–Trinajstić information content (AvgIpc) is 3.28. The molecule has 0 saturated carbocycles. The lowest BCUT2D eigenvalue weighted by atomic mass is 9.92. The van der Waals surface area contributed by atoms with Crippen LogP contribution < -0.4 is 14.9 Å². The number of thioether (sulfide) groups is 1. The number of likely N-dealkylation sites (N-methyl/N-ethyl adjacent to an activating group) is 1. The molecule has 0 bridgehead atoms. The molecule has 7 nitrogen and oxygen atoms in total. The van der Waals surface area contributed by atoms with Gasteiger partial charge >= 0.3 is 0 Å². The Hall–Kier alpha value is -3.52. The van der Waals surface area contributed by atoms with Gasteiger partial charge in [0, 0.05) is 18.2 Å². The van der Waals surface area contributed by atoms with E-state index in [0.29, 0.717) is 27.7 Å². The summed E-state index contributed by atoms with van der Waals surface area (Å²) < 4.78 is 11.0. The van der Waals surface area contributed by atoms with Crippen LogP contribution in [0.2, 0.25) is 0 Å². The fourth-order valence-corrected chi connectivity index (χ4v) is 5.54. The van der Waals surface area contributed by atoms with Crippen molar-refractivity contribution in [1.29, 1.82) is 0 Å². The minimum atomic E-state index is -1.32. The Morgan fingerprint density at radius 1 is 1.03 bits per heavy atom. The molecule has 2 heterocycles. The number of methoxy groups -OCH3 is 2. The Morgan fingerprint density at radius 3 is 2.56 bits per heavy atom. The molecule has 2 aliphatic rings. The fraction of sp³-hybridized carbons (Fsp3) is 0.208. The van der Waals surface area contributed by atoms with Gasteiger partial charge in [-0.3, -0.25) is 19.9 Å². The molecule has 0 aromatic heterocycles. The molecular formula is C24H21N3O4S. The van der Waals surface area contributed by atoms with Crippen LogP contribution in [0.15, 0.2) is 59.7 Å². The topological polar surface area (TPSA) is 80.2 Å². The van der Waals surface area contributed by atoms with Crippen molar-refractivity contribution in [3.8, 4) is 11.5 Å². The standard InChI is InChI=1S/C24H21N3O4S/c1-4-27-22(28)18-12-15(30-2)13-19(31-3)20(18)24(23(27)29)26-25-21(32-24)17-11-7-9-14-8-5-6-10-16(14)17/h5-13,26H,4H2,1-3H3. The summed E-state index contributed by atoms with van der Waals surface area (Å²) in [4.78, 5) is 26.8. The van der Waals surface area contributed by atoms with E-state index in [2.05, 4.69) is 10.5 Å². The molecule has 0 fully saturated rings. The molecule has 1 N–H and O–H groups in total. The number of rotatable bonds is 4. The third-order valence-corrected chi connectivity index (χ3v) is 7.09. The van der Waals surface area contributed by atoms with Gasteiger partial charge in [0.05, 0.1) is 25.3 Å². The number of carbonyl (C=O) groups excluding carboxylic acids is 2. The predicted molar refractivity (Wildman–Crippen MR) is 124 cm³/mol. The monoisotopic (exact) mass is 447 g/mol. The normalized spacial score (nSPS) is 19.7. The molecule has 0 saturated heterocycles. The predicted octanol–water partition coefficient (Wildman–Crippen LogP) is 3.71. The number of nitrogens with one attached hydrogen (secondary N) is 1. The van der Waals surface area contributed by atoms with Crippen LogP contribution in [-0.4, -0.2) is 42.5 Å². The Bertz CT molecular complexity index is 1300. The second kappa shape index (κ2) is 7.56. The molecule has 1 unspecified atom stereocenters. The quantitative estimate of drug-likeness (QED) is 0.614. The molecule has 1 spiro atoms. The van der Waals surface area contributed by atoms with Gasteiger partial charge in [-0.2, -0.15) is 5.10 Å². The molecule has 0 radical (unpaired) electrons. The number of hydrogen-bond donors (Lipinski definition) is 1. The van der Waals surface area contributed by atoms with E-state index in [1.807, 2.05) is 42.5 Å². The van der Waals surface area contributed by atoms with Gasteiger partial charge in [0.15, 0.2) is 0 Å². The summed E-state index contributed by atoms with van der Waals surface area (Å²) in [6.45, 7) is 2.02. The van der Waals surface area contributed by atoms with E-state index >= 15 is 0 Å². The number of ether oxygens (including phenoxy) is 2. The second-order valence-corrected chi connectivity index (χ2v) is 8.65. The molecule has 1 atom stereocenters. The number of hydrazone groups is 1. The first-order valence-electron chi connectivity index (χ1n) is 10.2. The third kappa shape index (κ3) is 2.79. The van der Waals surface area contributed by atoms with Crippen molar-refractivity contribution in [3.63, 3.8) is 0 Å². The van der Waals surface area contributed by atoms with Gasteiger partial charge in [0.2, 0.25) is 4.87 Å². The number of imide groups is 1. The molecule has 2 aliphatic heterocycles. The highest BCUT2D eigenvalue weighted by Gasteiger charge is 2.56. The largest absolute Gasteiger partial charge is 0.497 e. The number of benzene rings is 3. The Labute approximate surface area is 189 Å². The SMILES string of the molecule is CCN1C(=O)c2cc(OC)cc(OC)c2C2(NN=C(c3cccc4ccccc34)S2)C1=O. The maximum Gasteiger partial charge on any atom is 0.272 e.